The van der Waals surface area contributed by atoms with Crippen LogP contribution in [-0.2, 0) is 32.6 Å². The third-order valence-corrected chi connectivity index (χ3v) is 14.2. The molecular weight excluding hydrogens is 743 g/mol. The number of allylic oxidation sites excluding steroid dienone is 2. The van der Waals surface area contributed by atoms with E-state index in [0.29, 0.717) is 39.2 Å². The van der Waals surface area contributed by atoms with Crippen LogP contribution in [0.25, 0.3) is 20.7 Å². The van der Waals surface area contributed by atoms with E-state index in [1.54, 1.807) is 60.3 Å². The fourth-order valence-electron chi connectivity index (χ4n) is 9.68. The fourth-order valence-corrected chi connectivity index (χ4v) is 11.2. The Morgan fingerprint density at radius 2 is 1.63 bits per heavy atom. The topological polar surface area (TPSA) is 113 Å². The minimum Gasteiger partial charge on any atom is -0.508 e. The second-order valence-electron chi connectivity index (χ2n) is 15.1. The van der Waals surface area contributed by atoms with E-state index >= 15 is 4.79 Å². The smallest absolute Gasteiger partial charge is 0.242 e. The Morgan fingerprint density at radius 3 is 2.37 bits per heavy atom. The number of hydrogen-bond acceptors (Lipinski definition) is 7. The van der Waals surface area contributed by atoms with E-state index in [9.17, 15) is 19.5 Å². The zero-order valence-corrected chi connectivity index (χ0v) is 32.3. The van der Waals surface area contributed by atoms with Gasteiger partial charge in [0.25, 0.3) is 0 Å². The van der Waals surface area contributed by atoms with Crippen LogP contribution < -0.4 is 9.80 Å². The number of rotatable bonds is 5. The van der Waals surface area contributed by atoms with Gasteiger partial charge in [-0.25, -0.2) is 4.90 Å². The van der Waals surface area contributed by atoms with Crippen molar-refractivity contribution >= 4 is 79.8 Å². The fraction of sp³-hybridized carbons (Fsp3) is 0.310. The van der Waals surface area contributed by atoms with Gasteiger partial charge in [0.1, 0.15) is 17.3 Å². The van der Waals surface area contributed by atoms with Gasteiger partial charge in [0.05, 0.1) is 33.7 Å². The number of fused-ring (bicyclic) bond motifs is 5. The van der Waals surface area contributed by atoms with Gasteiger partial charge < -0.3 is 5.11 Å². The Labute approximate surface area is 325 Å². The number of carbonyl (C=O) groups excluding carboxylic acids is 4. The van der Waals surface area contributed by atoms with Crippen molar-refractivity contribution in [2.75, 3.05) is 9.80 Å². The second kappa shape index (κ2) is 12.4. The van der Waals surface area contributed by atoms with Crippen LogP contribution in [0.3, 0.4) is 0 Å². The van der Waals surface area contributed by atoms with E-state index in [2.05, 4.69) is 0 Å². The zero-order chi connectivity index (χ0) is 38.0. The number of imide groups is 2. The number of hydrogen-bond donors (Lipinski definition) is 1. The van der Waals surface area contributed by atoms with E-state index in [0.717, 1.165) is 38.1 Å². The summed E-state index contributed by atoms with van der Waals surface area (Å²) in [5.41, 5.74) is 3.04. The number of anilines is 2. The maximum absolute atomic E-state index is 15.1. The highest BCUT2D eigenvalue weighted by molar-refractivity contribution is 7.22. The van der Waals surface area contributed by atoms with Crippen molar-refractivity contribution in [3.8, 4) is 16.3 Å². The average Bonchev–Trinajstić information content (AvgIpc) is 3.83. The maximum atomic E-state index is 15.1. The van der Waals surface area contributed by atoms with Crippen molar-refractivity contribution in [2.45, 2.75) is 46.0 Å². The standard InChI is InChI=1S/C42H36Cl2N4O5S/c1-5-21-6-10-24(11-7-21)47-38(50)26-13-12-25-28(35(26)40(47)52)18-30-39(51)48(41(53)42(30,3)36(25)29-17-22(43)8-14-32(29)49)34-19-31(45-46(34)4)37-20(2)27-16-23(44)9-15-33(27)54-37/h6-12,14-17,19,26,28,30,35-36,49H,5,13,18H2,1-4H3. The first-order valence-electron chi connectivity index (χ1n) is 18.1. The Morgan fingerprint density at radius 1 is 0.907 bits per heavy atom. The molecule has 6 unspecified atom stereocenters. The van der Waals surface area contributed by atoms with Crippen molar-refractivity contribution in [1.29, 1.82) is 0 Å². The molecule has 4 amide bonds. The molecule has 4 heterocycles. The van der Waals surface area contributed by atoms with Crippen LogP contribution in [0, 0.1) is 36.0 Å². The number of nitrogens with zero attached hydrogens (tertiary/aromatic N) is 4. The molecular formula is C42H36Cl2N4O5S. The number of benzene rings is 3. The van der Waals surface area contributed by atoms with Gasteiger partial charge in [-0.3, -0.25) is 28.8 Å². The van der Waals surface area contributed by atoms with Gasteiger partial charge in [-0.1, -0.05) is 53.9 Å². The van der Waals surface area contributed by atoms with Crippen LogP contribution in [0.1, 0.15) is 49.3 Å². The quantitative estimate of drug-likeness (QED) is 0.141. The van der Waals surface area contributed by atoms with Crippen LogP contribution in [0.5, 0.6) is 5.75 Å². The first-order chi connectivity index (χ1) is 25.8. The highest BCUT2D eigenvalue weighted by Gasteiger charge is 2.68. The minimum absolute atomic E-state index is 0.0682. The number of amides is 4. The Kier molecular flexibility index (Phi) is 8.01. The lowest BCUT2D eigenvalue weighted by atomic mass is 9.51. The molecule has 6 atom stereocenters. The molecule has 2 aliphatic carbocycles. The summed E-state index contributed by atoms with van der Waals surface area (Å²) in [6, 6.07) is 19.7. The Hall–Kier alpha value is -4.77. The van der Waals surface area contributed by atoms with Gasteiger partial charge in [0, 0.05) is 39.3 Å². The molecule has 0 bridgehead atoms. The normalized spacial score (nSPS) is 26.4. The molecule has 2 aromatic heterocycles. The first-order valence-corrected chi connectivity index (χ1v) is 19.7. The van der Waals surface area contributed by atoms with E-state index < -0.39 is 46.8 Å². The number of halogens is 2. The lowest BCUT2D eigenvalue weighted by Gasteiger charge is -2.49. The average molecular weight is 780 g/mol. The van der Waals surface area contributed by atoms with E-state index in [1.807, 2.05) is 50.3 Å². The van der Waals surface area contributed by atoms with Gasteiger partial charge in [0.2, 0.25) is 23.6 Å². The molecule has 4 aliphatic rings. The second-order valence-corrected chi connectivity index (χ2v) is 17.0. The molecule has 0 radical (unpaired) electrons. The molecule has 12 heteroatoms. The Balaban J connectivity index is 1.15. The van der Waals surface area contributed by atoms with Crippen molar-refractivity contribution in [3.63, 3.8) is 0 Å². The van der Waals surface area contributed by atoms with Crippen molar-refractivity contribution in [3.05, 3.63) is 105 Å². The lowest BCUT2D eigenvalue weighted by molar-refractivity contribution is -0.131. The number of thiophene rings is 1. The zero-order valence-electron chi connectivity index (χ0n) is 30.0. The van der Waals surface area contributed by atoms with E-state index in [-0.39, 0.29) is 24.0 Å². The molecule has 2 aliphatic heterocycles. The SMILES string of the molecule is CCc1ccc(N2C(=O)C3CC=C4C(CC5C(=O)N(c6cc(-c7sc8ccc(Cl)cc8c7C)nn6C)C(=O)C5(C)C4c4cc(Cl)ccc4O)C3C2=O)cc1. The largest absolute Gasteiger partial charge is 0.508 e. The summed E-state index contributed by atoms with van der Waals surface area (Å²) in [6.07, 6.45) is 3.27. The summed E-state index contributed by atoms with van der Waals surface area (Å²) in [7, 11) is 1.71. The summed E-state index contributed by atoms with van der Waals surface area (Å²) in [4.78, 5) is 61.8. The number of aromatic hydroxyl groups is 1. The van der Waals surface area contributed by atoms with Gasteiger partial charge in [0.15, 0.2) is 0 Å². The molecule has 9 nitrogen and oxygen atoms in total. The van der Waals surface area contributed by atoms with Crippen LogP contribution in [0.2, 0.25) is 10.0 Å². The molecule has 0 spiro atoms. The molecule has 54 heavy (non-hydrogen) atoms. The van der Waals surface area contributed by atoms with Gasteiger partial charge in [-0.05, 0) is 104 Å². The van der Waals surface area contributed by atoms with Crippen LogP contribution >= 0.6 is 34.5 Å². The summed E-state index contributed by atoms with van der Waals surface area (Å²) in [5.74, 6) is -4.72. The molecule has 9 rings (SSSR count). The highest BCUT2D eigenvalue weighted by Crippen LogP contribution is 2.64. The van der Waals surface area contributed by atoms with Gasteiger partial charge in [-0.2, -0.15) is 5.10 Å². The molecule has 1 saturated carbocycles. The highest BCUT2D eigenvalue weighted by atomic mass is 35.5. The maximum Gasteiger partial charge on any atom is 0.242 e. The monoisotopic (exact) mass is 778 g/mol. The number of phenolic OH excluding ortho intramolecular Hbond substituents is 1. The third-order valence-electron chi connectivity index (χ3n) is 12.4. The summed E-state index contributed by atoms with van der Waals surface area (Å²) >= 11 is 14.4. The van der Waals surface area contributed by atoms with Crippen molar-refractivity contribution in [1.82, 2.24) is 9.78 Å². The van der Waals surface area contributed by atoms with E-state index in [4.69, 9.17) is 28.3 Å². The molecule has 274 valence electrons. The summed E-state index contributed by atoms with van der Waals surface area (Å²) in [6.45, 7) is 5.83. The van der Waals surface area contributed by atoms with Crippen LogP contribution in [-0.4, -0.2) is 38.5 Å². The van der Waals surface area contributed by atoms with Gasteiger partial charge >= 0.3 is 0 Å². The number of aromatic nitrogens is 2. The predicted molar refractivity (Wildman–Crippen MR) is 210 cm³/mol. The molecule has 5 aromatic rings. The lowest BCUT2D eigenvalue weighted by Crippen LogP contribution is -2.49. The molecule has 1 N–H and O–H groups in total. The molecule has 3 aromatic carbocycles. The molecule has 3 fully saturated rings. The number of phenols is 1. The first kappa shape index (κ1) is 35.0. The Bertz CT molecular complexity index is 2510. The van der Waals surface area contributed by atoms with E-state index in [1.165, 1.54) is 15.9 Å². The van der Waals surface area contributed by atoms with Gasteiger partial charge in [-0.15, -0.1) is 11.3 Å². The summed E-state index contributed by atoms with van der Waals surface area (Å²) < 4.78 is 2.60. The van der Waals surface area contributed by atoms with Crippen LogP contribution in [0.4, 0.5) is 11.5 Å². The molecule has 2 saturated heterocycles. The van der Waals surface area contributed by atoms with Crippen molar-refractivity contribution in [2.24, 2.45) is 36.1 Å². The third kappa shape index (κ3) is 4.85. The number of carbonyl (C=O) groups is 4. The van der Waals surface area contributed by atoms with Crippen molar-refractivity contribution < 1.29 is 24.3 Å². The number of aryl methyl sites for hydroxylation is 3. The minimum atomic E-state index is -1.36. The summed E-state index contributed by atoms with van der Waals surface area (Å²) in [5, 5.41) is 18.2. The van der Waals surface area contributed by atoms with Crippen LogP contribution in [0.15, 0.2) is 78.4 Å². The predicted octanol–water partition coefficient (Wildman–Crippen LogP) is 8.62.